The molecular weight excluding hydrogens is 234 g/mol. The van der Waals surface area contributed by atoms with Crippen LogP contribution in [0.1, 0.15) is 29.2 Å². The Bertz CT molecular complexity index is 494. The molecule has 0 fully saturated rings. The van der Waals surface area contributed by atoms with Crippen molar-refractivity contribution in [3.63, 3.8) is 0 Å². The van der Waals surface area contributed by atoms with E-state index in [0.717, 1.165) is 5.01 Å². The highest BCUT2D eigenvalue weighted by Crippen LogP contribution is 2.22. The minimum absolute atomic E-state index is 0.140. The quantitative estimate of drug-likeness (QED) is 0.904. The van der Waals surface area contributed by atoms with Crippen molar-refractivity contribution in [3.8, 4) is 0 Å². The average Bonchev–Trinajstić information content (AvgIpc) is 2.84. The second-order valence-electron chi connectivity index (χ2n) is 4.16. The maximum Gasteiger partial charge on any atom is 0.253 e. The minimum Gasteiger partial charge on any atom is -0.341 e. The van der Waals surface area contributed by atoms with Gasteiger partial charge in [-0.2, -0.15) is 0 Å². The summed E-state index contributed by atoms with van der Waals surface area (Å²) in [7, 11) is 0. The van der Waals surface area contributed by atoms with E-state index in [-0.39, 0.29) is 5.91 Å². The van der Waals surface area contributed by atoms with E-state index in [9.17, 15) is 4.79 Å². The van der Waals surface area contributed by atoms with Crippen LogP contribution >= 0.6 is 11.3 Å². The van der Waals surface area contributed by atoms with Gasteiger partial charge in [-0.3, -0.25) is 9.78 Å². The molecule has 88 valence electrons. The summed E-state index contributed by atoms with van der Waals surface area (Å²) in [5, 5.41) is 5.72. The number of hydrogen-bond donors (Lipinski definition) is 1. The maximum absolute atomic E-state index is 12.0. The van der Waals surface area contributed by atoms with Crippen LogP contribution in [0.15, 0.2) is 36.1 Å². The molecule has 17 heavy (non-hydrogen) atoms. The highest BCUT2D eigenvalue weighted by molar-refractivity contribution is 7.09. The Morgan fingerprint density at radius 3 is 2.82 bits per heavy atom. The zero-order chi connectivity index (χ0) is 12.3. The molecule has 0 saturated heterocycles. The van der Waals surface area contributed by atoms with E-state index < -0.39 is 5.54 Å². The molecule has 1 amide bonds. The molecule has 0 atom stereocenters. The molecule has 2 rings (SSSR count). The van der Waals surface area contributed by atoms with Gasteiger partial charge in [-0.05, 0) is 26.0 Å². The van der Waals surface area contributed by atoms with Crippen LogP contribution in [0.25, 0.3) is 0 Å². The Morgan fingerprint density at radius 1 is 1.41 bits per heavy atom. The molecule has 1 N–H and O–H groups in total. The van der Waals surface area contributed by atoms with Crippen molar-refractivity contribution in [2.75, 3.05) is 0 Å². The molecule has 0 bridgehead atoms. The van der Waals surface area contributed by atoms with Gasteiger partial charge in [0.15, 0.2) is 0 Å². The Hall–Kier alpha value is -1.75. The van der Waals surface area contributed by atoms with Crippen LogP contribution in [0.4, 0.5) is 0 Å². The number of aromatic nitrogens is 2. The molecule has 0 saturated carbocycles. The molecule has 0 aromatic carbocycles. The second kappa shape index (κ2) is 4.63. The van der Waals surface area contributed by atoms with Crippen molar-refractivity contribution in [2.45, 2.75) is 19.4 Å². The number of carbonyl (C=O) groups excluding carboxylic acids is 1. The first-order valence-electron chi connectivity index (χ1n) is 5.22. The Morgan fingerprint density at radius 2 is 2.24 bits per heavy atom. The zero-order valence-corrected chi connectivity index (χ0v) is 10.5. The predicted molar refractivity (Wildman–Crippen MR) is 66.8 cm³/mol. The highest BCUT2D eigenvalue weighted by Gasteiger charge is 2.25. The molecule has 2 aromatic heterocycles. The third-order valence-corrected chi connectivity index (χ3v) is 3.41. The molecular formula is C12H13N3OS. The lowest BCUT2D eigenvalue weighted by Gasteiger charge is -2.23. The summed E-state index contributed by atoms with van der Waals surface area (Å²) in [5.74, 6) is -0.140. The minimum atomic E-state index is -0.471. The third kappa shape index (κ3) is 2.68. The number of carbonyl (C=O) groups is 1. The van der Waals surface area contributed by atoms with Gasteiger partial charge >= 0.3 is 0 Å². The van der Waals surface area contributed by atoms with Gasteiger partial charge in [-0.25, -0.2) is 4.98 Å². The molecule has 0 aliphatic heterocycles. The SMILES string of the molecule is CC(C)(NC(=O)c1cccnc1)c1nccs1. The van der Waals surface area contributed by atoms with Crippen LogP contribution in [0.5, 0.6) is 0 Å². The number of amides is 1. The van der Waals surface area contributed by atoms with Gasteiger partial charge in [0.25, 0.3) is 5.91 Å². The summed E-state index contributed by atoms with van der Waals surface area (Å²) < 4.78 is 0. The fourth-order valence-electron chi connectivity index (χ4n) is 1.44. The van der Waals surface area contributed by atoms with E-state index in [2.05, 4.69) is 15.3 Å². The van der Waals surface area contributed by atoms with Gasteiger partial charge in [0.1, 0.15) is 5.01 Å². The van der Waals surface area contributed by atoms with Crippen LogP contribution in [0, 0.1) is 0 Å². The maximum atomic E-state index is 12.0. The van der Waals surface area contributed by atoms with Gasteiger partial charge in [0, 0.05) is 24.0 Å². The molecule has 0 radical (unpaired) electrons. The van der Waals surface area contributed by atoms with E-state index in [1.54, 1.807) is 30.7 Å². The smallest absolute Gasteiger partial charge is 0.253 e. The monoisotopic (exact) mass is 247 g/mol. The highest BCUT2D eigenvalue weighted by atomic mass is 32.1. The topological polar surface area (TPSA) is 54.9 Å². The molecule has 0 aliphatic carbocycles. The standard InChI is InChI=1S/C12H13N3OS/c1-12(2,11-14-6-7-17-11)15-10(16)9-4-3-5-13-8-9/h3-8H,1-2H3,(H,15,16). The van der Waals surface area contributed by atoms with Crippen molar-refractivity contribution in [2.24, 2.45) is 0 Å². The van der Waals surface area contributed by atoms with E-state index in [4.69, 9.17) is 0 Å². The third-order valence-electron chi connectivity index (χ3n) is 2.32. The fourth-order valence-corrected chi connectivity index (χ4v) is 2.16. The van der Waals surface area contributed by atoms with Crippen molar-refractivity contribution in [3.05, 3.63) is 46.7 Å². The van der Waals surface area contributed by atoms with E-state index in [1.807, 2.05) is 19.2 Å². The van der Waals surface area contributed by atoms with Crippen LogP contribution in [0.2, 0.25) is 0 Å². The number of thiazole rings is 1. The normalized spacial score (nSPS) is 11.2. The molecule has 0 unspecified atom stereocenters. The first-order valence-corrected chi connectivity index (χ1v) is 6.10. The number of nitrogens with one attached hydrogen (secondary N) is 1. The summed E-state index contributed by atoms with van der Waals surface area (Å²) in [5.41, 5.74) is 0.0818. The zero-order valence-electron chi connectivity index (χ0n) is 9.68. The second-order valence-corrected chi connectivity index (χ2v) is 5.05. The number of pyridine rings is 1. The van der Waals surface area contributed by atoms with Crippen LogP contribution < -0.4 is 5.32 Å². The van der Waals surface area contributed by atoms with Crippen molar-refractivity contribution >= 4 is 17.2 Å². The lowest BCUT2D eigenvalue weighted by atomic mass is 10.1. The van der Waals surface area contributed by atoms with Gasteiger partial charge in [-0.1, -0.05) is 0 Å². The predicted octanol–water partition coefficient (Wildman–Crippen LogP) is 2.20. The van der Waals surface area contributed by atoms with Gasteiger partial charge in [0.2, 0.25) is 0 Å². The number of rotatable bonds is 3. The first-order chi connectivity index (χ1) is 8.09. The Balaban J connectivity index is 2.14. The van der Waals surface area contributed by atoms with Crippen LogP contribution in [-0.4, -0.2) is 15.9 Å². The van der Waals surface area contributed by atoms with Gasteiger partial charge in [0.05, 0.1) is 11.1 Å². The van der Waals surface area contributed by atoms with Crippen molar-refractivity contribution in [1.82, 2.24) is 15.3 Å². The Kier molecular flexibility index (Phi) is 3.19. The van der Waals surface area contributed by atoms with Crippen LogP contribution in [0.3, 0.4) is 0 Å². The summed E-state index contributed by atoms with van der Waals surface area (Å²) in [6.07, 6.45) is 4.92. The average molecular weight is 247 g/mol. The summed E-state index contributed by atoms with van der Waals surface area (Å²) in [6.45, 7) is 3.86. The Labute approximate surface area is 104 Å². The van der Waals surface area contributed by atoms with E-state index >= 15 is 0 Å². The van der Waals surface area contributed by atoms with Crippen molar-refractivity contribution in [1.29, 1.82) is 0 Å². The molecule has 0 spiro atoms. The fraction of sp³-hybridized carbons (Fsp3) is 0.250. The molecule has 2 aromatic rings. The van der Waals surface area contributed by atoms with Crippen LogP contribution in [-0.2, 0) is 5.54 Å². The van der Waals surface area contributed by atoms with Crippen molar-refractivity contribution < 1.29 is 4.79 Å². The first kappa shape index (κ1) is 11.7. The summed E-state index contributed by atoms with van der Waals surface area (Å²) in [6, 6.07) is 3.48. The largest absolute Gasteiger partial charge is 0.341 e. The van der Waals surface area contributed by atoms with E-state index in [0.29, 0.717) is 5.56 Å². The molecule has 2 heterocycles. The summed E-state index contributed by atoms with van der Waals surface area (Å²) in [4.78, 5) is 20.1. The molecule has 0 aliphatic rings. The summed E-state index contributed by atoms with van der Waals surface area (Å²) >= 11 is 1.53. The number of nitrogens with zero attached hydrogens (tertiary/aromatic N) is 2. The lowest BCUT2D eigenvalue weighted by Crippen LogP contribution is -2.40. The van der Waals surface area contributed by atoms with E-state index in [1.165, 1.54) is 11.3 Å². The lowest BCUT2D eigenvalue weighted by molar-refractivity contribution is 0.0911. The van der Waals surface area contributed by atoms with Gasteiger partial charge in [-0.15, -0.1) is 11.3 Å². The van der Waals surface area contributed by atoms with Gasteiger partial charge < -0.3 is 5.32 Å². The number of hydrogen-bond acceptors (Lipinski definition) is 4. The molecule has 4 nitrogen and oxygen atoms in total. The molecule has 5 heteroatoms.